The Kier molecular flexibility index (Phi) is 6.19. The van der Waals surface area contributed by atoms with Crippen LogP contribution in [0.2, 0.25) is 0 Å². The van der Waals surface area contributed by atoms with E-state index in [1.807, 2.05) is 69.9 Å². The average Bonchev–Trinajstić information content (AvgIpc) is 3.30. The number of fused-ring (bicyclic) bond motifs is 2. The predicted octanol–water partition coefficient (Wildman–Crippen LogP) is 3.58. The maximum absolute atomic E-state index is 13.1. The lowest BCUT2D eigenvalue weighted by molar-refractivity contribution is -0.886. The van der Waals surface area contributed by atoms with Gasteiger partial charge in [-0.15, -0.1) is 0 Å². The van der Waals surface area contributed by atoms with Crippen molar-refractivity contribution in [2.75, 3.05) is 21.1 Å². The number of nitrogens with one attached hydrogen (secondary N) is 3. The van der Waals surface area contributed by atoms with Gasteiger partial charge in [-0.05, 0) is 23.8 Å². The Labute approximate surface area is 180 Å². The first-order valence-electron chi connectivity index (χ1n) is 9.96. The maximum atomic E-state index is 13.1. The summed E-state index contributed by atoms with van der Waals surface area (Å²) in [5.74, 6) is 0.166. The number of phenolic OH excluding ortho intramolecular Hbond substituents is 1. The van der Waals surface area contributed by atoms with Gasteiger partial charge in [0, 0.05) is 46.9 Å². The zero-order valence-corrected chi connectivity index (χ0v) is 17.9. The first-order valence-corrected chi connectivity index (χ1v) is 9.96. The van der Waals surface area contributed by atoms with Gasteiger partial charge in [-0.2, -0.15) is 0 Å². The Morgan fingerprint density at radius 2 is 1.81 bits per heavy atom. The summed E-state index contributed by atoms with van der Waals surface area (Å²) in [6, 6.07) is 13.2. The number of rotatable bonds is 6. The van der Waals surface area contributed by atoms with Gasteiger partial charge >= 0.3 is 0 Å². The summed E-state index contributed by atoms with van der Waals surface area (Å²) in [5.41, 5.74) is 3.80. The first-order chi connectivity index (χ1) is 14.3. The minimum Gasteiger partial charge on any atom is -0.870 e. The number of H-pyrrole nitrogens is 2. The Bertz CT molecular complexity index is 1230. The molecular formula is C24H28N4O3. The van der Waals surface area contributed by atoms with Crippen LogP contribution in [0.1, 0.15) is 11.1 Å². The van der Waals surface area contributed by atoms with Crippen LogP contribution in [0, 0.1) is 0 Å². The topological polar surface area (TPSA) is 111 Å². The normalized spacial score (nSPS) is 12.9. The monoisotopic (exact) mass is 420 g/mol. The van der Waals surface area contributed by atoms with Crippen LogP contribution < -0.4 is 5.32 Å². The fourth-order valence-corrected chi connectivity index (χ4v) is 3.83. The Morgan fingerprint density at radius 3 is 2.58 bits per heavy atom. The number of quaternary nitrogens is 1. The second-order valence-electron chi connectivity index (χ2n) is 8.48. The summed E-state index contributed by atoms with van der Waals surface area (Å²) >= 11 is 0. The van der Waals surface area contributed by atoms with Gasteiger partial charge in [-0.1, -0.05) is 30.3 Å². The smallest absolute Gasteiger partial charge is 0.282 e. The van der Waals surface area contributed by atoms with E-state index in [9.17, 15) is 9.90 Å². The molecule has 0 bridgehead atoms. The molecule has 1 amide bonds. The van der Waals surface area contributed by atoms with Crippen molar-refractivity contribution in [3.8, 4) is 5.75 Å². The molecule has 7 nitrogen and oxygen atoms in total. The molecule has 0 saturated carbocycles. The van der Waals surface area contributed by atoms with Crippen LogP contribution in [-0.2, 0) is 11.2 Å². The molecule has 4 rings (SSSR count). The first kappa shape index (κ1) is 22.1. The number of nitrogens with zero attached hydrogens (tertiary/aromatic N) is 1. The molecule has 0 aliphatic carbocycles. The third kappa shape index (κ3) is 4.47. The second kappa shape index (κ2) is 8.67. The number of amides is 1. The number of likely N-dealkylation sites (N-methyl/N-ethyl adjacent to an activating group) is 1. The highest BCUT2D eigenvalue weighted by Crippen LogP contribution is 2.27. The summed E-state index contributed by atoms with van der Waals surface area (Å²) in [4.78, 5) is 19.4. The number of hydrogen-bond donors (Lipinski definition) is 4. The molecule has 0 radical (unpaired) electrons. The van der Waals surface area contributed by atoms with Crippen molar-refractivity contribution in [1.29, 1.82) is 0 Å². The molecule has 2 aromatic carbocycles. The van der Waals surface area contributed by atoms with Gasteiger partial charge in [0.2, 0.25) is 0 Å². The molecule has 7 heteroatoms. The van der Waals surface area contributed by atoms with E-state index in [1.165, 1.54) is 0 Å². The molecule has 2 aromatic heterocycles. The van der Waals surface area contributed by atoms with E-state index in [2.05, 4.69) is 21.4 Å². The molecule has 31 heavy (non-hydrogen) atoms. The number of aromatic nitrogens is 2. The fraction of sp³-hybridized carbons (Fsp3) is 0.208. The summed E-state index contributed by atoms with van der Waals surface area (Å²) in [6.07, 6.45) is 7.99. The Balaban J connectivity index is 0.00000272. The number of phenols is 1. The van der Waals surface area contributed by atoms with Crippen LogP contribution >= 0.6 is 0 Å². The van der Waals surface area contributed by atoms with Gasteiger partial charge in [0.05, 0.1) is 26.7 Å². The van der Waals surface area contributed by atoms with Crippen molar-refractivity contribution in [3.05, 3.63) is 72.2 Å². The van der Waals surface area contributed by atoms with E-state index in [4.69, 9.17) is 0 Å². The van der Waals surface area contributed by atoms with Gasteiger partial charge in [-0.3, -0.25) is 4.79 Å². The number of aromatic hydroxyl groups is 1. The summed E-state index contributed by atoms with van der Waals surface area (Å²) < 4.78 is 0.484. The molecule has 0 aliphatic rings. The SMILES string of the molecule is C[N+](C)(C)[C@@H](Cc1c[nH]c2c(O)cccc12)C(=O)N/C=C/c1c[nH]c2ccccc12.[OH-]. The number of para-hydroxylation sites is 2. The Morgan fingerprint density at radius 1 is 1.06 bits per heavy atom. The van der Waals surface area contributed by atoms with Crippen molar-refractivity contribution < 1.29 is 19.9 Å². The van der Waals surface area contributed by atoms with Gasteiger partial charge in [0.25, 0.3) is 5.91 Å². The minimum absolute atomic E-state index is 0. The van der Waals surface area contributed by atoms with Crippen LogP contribution in [0.3, 0.4) is 0 Å². The van der Waals surface area contributed by atoms with Crippen molar-refractivity contribution in [2.45, 2.75) is 12.5 Å². The van der Waals surface area contributed by atoms with Crippen LogP contribution in [0.5, 0.6) is 5.75 Å². The van der Waals surface area contributed by atoms with Gasteiger partial charge in [-0.25, -0.2) is 0 Å². The molecule has 1 atom stereocenters. The van der Waals surface area contributed by atoms with Gasteiger partial charge < -0.3 is 30.4 Å². The maximum Gasteiger partial charge on any atom is 0.282 e. The van der Waals surface area contributed by atoms with Crippen LogP contribution in [0.4, 0.5) is 0 Å². The lowest BCUT2D eigenvalue weighted by atomic mass is 10.0. The lowest BCUT2D eigenvalue weighted by Gasteiger charge is -2.32. The number of carbonyl (C=O) groups is 1. The van der Waals surface area contributed by atoms with Crippen LogP contribution in [0.15, 0.2) is 61.1 Å². The van der Waals surface area contributed by atoms with Crippen LogP contribution in [0.25, 0.3) is 27.9 Å². The standard InChI is InChI=1S/C24H26N4O2.H2O/c1-28(2,3)21(13-17-15-27-23-19(17)8-6-10-22(23)29)24(30)25-12-11-16-14-26-20-9-5-4-7-18(16)20;/h4-12,14-15,21,26-27H,13H2,1-3H3,(H-,25,29,30);1H2/b12-11+;/t21-;/m0./s1. The quantitative estimate of drug-likeness (QED) is 0.358. The molecule has 0 aliphatic heterocycles. The van der Waals surface area contributed by atoms with E-state index in [1.54, 1.807) is 12.3 Å². The molecule has 0 spiro atoms. The fourth-order valence-electron chi connectivity index (χ4n) is 3.83. The molecule has 2 heterocycles. The third-order valence-corrected chi connectivity index (χ3v) is 5.54. The zero-order valence-electron chi connectivity index (χ0n) is 17.9. The van der Waals surface area contributed by atoms with Gasteiger partial charge in [0.15, 0.2) is 6.04 Å². The summed E-state index contributed by atoms with van der Waals surface area (Å²) in [6.45, 7) is 0. The average molecular weight is 421 g/mol. The third-order valence-electron chi connectivity index (χ3n) is 5.54. The van der Waals surface area contributed by atoms with E-state index in [0.717, 1.165) is 27.4 Å². The largest absolute Gasteiger partial charge is 0.870 e. The molecule has 0 saturated heterocycles. The van der Waals surface area contributed by atoms with E-state index < -0.39 is 0 Å². The molecule has 0 fully saturated rings. The minimum atomic E-state index is -0.293. The summed E-state index contributed by atoms with van der Waals surface area (Å²) in [7, 11) is 6.04. The highest BCUT2D eigenvalue weighted by molar-refractivity contribution is 5.91. The molecule has 5 N–H and O–H groups in total. The van der Waals surface area contributed by atoms with E-state index >= 15 is 0 Å². The predicted molar refractivity (Wildman–Crippen MR) is 123 cm³/mol. The molecule has 4 aromatic rings. The summed E-state index contributed by atoms with van der Waals surface area (Å²) in [5, 5.41) is 15.1. The number of hydrogen-bond acceptors (Lipinski definition) is 3. The van der Waals surface area contributed by atoms with Gasteiger partial charge in [0.1, 0.15) is 5.75 Å². The van der Waals surface area contributed by atoms with Crippen LogP contribution in [-0.4, -0.2) is 58.1 Å². The highest BCUT2D eigenvalue weighted by Gasteiger charge is 2.32. The van der Waals surface area contributed by atoms with Crippen molar-refractivity contribution >= 4 is 33.8 Å². The number of carbonyl (C=O) groups excluding carboxylic acids is 1. The Hall–Kier alpha value is -3.55. The zero-order chi connectivity index (χ0) is 21.3. The molecule has 162 valence electrons. The highest BCUT2D eigenvalue weighted by atomic mass is 16.3. The van der Waals surface area contributed by atoms with Crippen molar-refractivity contribution in [3.63, 3.8) is 0 Å². The molecular weight excluding hydrogens is 392 g/mol. The van der Waals surface area contributed by atoms with Crippen molar-refractivity contribution in [1.82, 2.24) is 15.3 Å². The molecule has 0 unspecified atom stereocenters. The second-order valence-corrected chi connectivity index (χ2v) is 8.48. The number of benzene rings is 2. The van der Waals surface area contributed by atoms with E-state index in [0.29, 0.717) is 16.4 Å². The van der Waals surface area contributed by atoms with E-state index in [-0.39, 0.29) is 23.2 Å². The number of aromatic amines is 2. The lowest BCUT2D eigenvalue weighted by Crippen LogP contribution is -2.54. The van der Waals surface area contributed by atoms with Crippen molar-refractivity contribution in [2.24, 2.45) is 0 Å².